The van der Waals surface area contributed by atoms with Crippen LogP contribution in [0, 0.1) is 11.8 Å². The number of hydrogen-bond acceptors (Lipinski definition) is 3. The van der Waals surface area contributed by atoms with E-state index in [0.29, 0.717) is 6.42 Å². The molecule has 0 saturated heterocycles. The first-order valence-corrected chi connectivity index (χ1v) is 6.32. The third-order valence-electron chi connectivity index (χ3n) is 3.00. The van der Waals surface area contributed by atoms with Crippen molar-refractivity contribution in [3.63, 3.8) is 0 Å². The molecule has 19 heavy (non-hydrogen) atoms. The molecule has 0 heterocycles. The number of hydrogen-bond donors (Lipinski definition) is 4. The van der Waals surface area contributed by atoms with Gasteiger partial charge in [-0.3, -0.25) is 4.79 Å². The second-order valence-corrected chi connectivity index (χ2v) is 4.87. The molecule has 0 fully saturated rings. The molecule has 7 heteroatoms. The lowest BCUT2D eigenvalue weighted by molar-refractivity contribution is -0.142. The summed E-state index contributed by atoms with van der Waals surface area (Å²) in [5.41, 5.74) is 4.89. The van der Waals surface area contributed by atoms with E-state index in [1.165, 1.54) is 0 Å². The topological polar surface area (TPSA) is 122 Å². The van der Waals surface area contributed by atoms with Crippen molar-refractivity contribution in [3.05, 3.63) is 0 Å². The summed E-state index contributed by atoms with van der Waals surface area (Å²) >= 11 is 0. The van der Waals surface area contributed by atoms with E-state index in [2.05, 4.69) is 10.6 Å². The second kappa shape index (κ2) is 8.34. The number of carboxylic acid groups (broad SMARTS) is 1. The van der Waals surface area contributed by atoms with E-state index in [0.717, 1.165) is 0 Å². The highest BCUT2D eigenvalue weighted by Crippen LogP contribution is 2.10. The fraction of sp³-hybridized carbons (Fsp3) is 0.750. The summed E-state index contributed by atoms with van der Waals surface area (Å²) in [5, 5.41) is 13.9. The van der Waals surface area contributed by atoms with Crippen molar-refractivity contribution in [3.8, 4) is 0 Å². The molecule has 0 aromatic rings. The van der Waals surface area contributed by atoms with Crippen LogP contribution in [0.1, 0.15) is 33.6 Å². The predicted octanol–water partition coefficient (Wildman–Crippen LogP) is 0.296. The van der Waals surface area contributed by atoms with E-state index in [1.54, 1.807) is 6.92 Å². The lowest BCUT2D eigenvalue weighted by Gasteiger charge is -2.19. The molecular weight excluding hydrogens is 250 g/mol. The lowest BCUT2D eigenvalue weighted by Crippen LogP contribution is -2.44. The van der Waals surface area contributed by atoms with Crippen molar-refractivity contribution < 1.29 is 19.5 Å². The maximum absolute atomic E-state index is 11.8. The van der Waals surface area contributed by atoms with Gasteiger partial charge in [-0.1, -0.05) is 20.8 Å². The SMILES string of the molecule is CC(C)[C@H](C)C(=O)NC(CCCNC(N)=O)C(=O)O. The Morgan fingerprint density at radius 3 is 2.21 bits per heavy atom. The van der Waals surface area contributed by atoms with E-state index in [4.69, 9.17) is 10.8 Å². The Morgan fingerprint density at radius 2 is 1.79 bits per heavy atom. The Morgan fingerprint density at radius 1 is 1.21 bits per heavy atom. The van der Waals surface area contributed by atoms with E-state index < -0.39 is 18.0 Å². The minimum absolute atomic E-state index is 0.144. The number of aliphatic carboxylic acids is 1. The molecule has 0 saturated carbocycles. The van der Waals surface area contributed by atoms with Gasteiger partial charge in [0.15, 0.2) is 0 Å². The fourth-order valence-corrected chi connectivity index (χ4v) is 1.38. The molecule has 110 valence electrons. The van der Waals surface area contributed by atoms with Crippen molar-refractivity contribution in [2.24, 2.45) is 17.6 Å². The van der Waals surface area contributed by atoms with Crippen LogP contribution in [-0.2, 0) is 9.59 Å². The molecule has 0 aromatic heterocycles. The fourth-order valence-electron chi connectivity index (χ4n) is 1.38. The third kappa shape index (κ3) is 7.28. The zero-order valence-electron chi connectivity index (χ0n) is 11.6. The van der Waals surface area contributed by atoms with E-state index in [-0.39, 0.29) is 30.7 Å². The molecule has 0 radical (unpaired) electrons. The highest BCUT2D eigenvalue weighted by Gasteiger charge is 2.23. The number of amides is 3. The van der Waals surface area contributed by atoms with Crippen molar-refractivity contribution in [1.29, 1.82) is 0 Å². The summed E-state index contributed by atoms with van der Waals surface area (Å²) < 4.78 is 0. The van der Waals surface area contributed by atoms with Gasteiger partial charge in [0, 0.05) is 12.5 Å². The number of urea groups is 1. The standard InChI is InChI=1S/C12H23N3O4/c1-7(2)8(3)10(16)15-9(11(17)18)5-4-6-14-12(13)19/h7-9H,4-6H2,1-3H3,(H,15,16)(H,17,18)(H3,13,14,19)/t8-,9?/m0/s1. The average Bonchev–Trinajstić information content (AvgIpc) is 2.30. The van der Waals surface area contributed by atoms with Crippen LogP contribution < -0.4 is 16.4 Å². The highest BCUT2D eigenvalue weighted by atomic mass is 16.4. The van der Waals surface area contributed by atoms with Gasteiger partial charge in [-0.05, 0) is 18.8 Å². The molecule has 1 unspecified atom stereocenters. The van der Waals surface area contributed by atoms with Gasteiger partial charge in [0.1, 0.15) is 6.04 Å². The van der Waals surface area contributed by atoms with Gasteiger partial charge in [0.25, 0.3) is 0 Å². The van der Waals surface area contributed by atoms with Gasteiger partial charge in [0.05, 0.1) is 0 Å². The van der Waals surface area contributed by atoms with Crippen molar-refractivity contribution >= 4 is 17.9 Å². The Kier molecular flexibility index (Phi) is 7.55. The number of carboxylic acids is 1. The summed E-state index contributed by atoms with van der Waals surface area (Å²) in [6.07, 6.45) is 0.669. The second-order valence-electron chi connectivity index (χ2n) is 4.87. The molecule has 5 N–H and O–H groups in total. The van der Waals surface area contributed by atoms with Gasteiger partial charge >= 0.3 is 12.0 Å². The quantitative estimate of drug-likeness (QED) is 0.475. The monoisotopic (exact) mass is 273 g/mol. The van der Waals surface area contributed by atoms with Gasteiger partial charge in [-0.15, -0.1) is 0 Å². The summed E-state index contributed by atoms with van der Waals surface area (Å²) in [4.78, 5) is 33.2. The van der Waals surface area contributed by atoms with E-state index in [1.807, 2.05) is 13.8 Å². The number of carbonyl (C=O) groups excluding carboxylic acids is 2. The first-order valence-electron chi connectivity index (χ1n) is 6.32. The number of nitrogens with one attached hydrogen (secondary N) is 2. The number of rotatable bonds is 8. The Hall–Kier alpha value is -1.79. The Bertz CT molecular complexity index is 331. The molecule has 2 atom stereocenters. The molecule has 0 aromatic carbocycles. The molecule has 0 bridgehead atoms. The molecule has 0 spiro atoms. The van der Waals surface area contributed by atoms with Crippen molar-refractivity contribution in [2.75, 3.05) is 6.54 Å². The maximum atomic E-state index is 11.8. The van der Waals surface area contributed by atoms with Gasteiger partial charge in [0.2, 0.25) is 5.91 Å². The van der Waals surface area contributed by atoms with E-state index in [9.17, 15) is 14.4 Å². The van der Waals surface area contributed by atoms with Gasteiger partial charge in [-0.25, -0.2) is 9.59 Å². The molecule has 0 aliphatic rings. The summed E-state index contributed by atoms with van der Waals surface area (Å²) in [5.74, 6) is -1.45. The van der Waals surface area contributed by atoms with Crippen molar-refractivity contribution in [2.45, 2.75) is 39.7 Å². The van der Waals surface area contributed by atoms with Crippen LogP contribution in [0.15, 0.2) is 0 Å². The molecular formula is C12H23N3O4. The third-order valence-corrected chi connectivity index (χ3v) is 3.00. The minimum Gasteiger partial charge on any atom is -0.480 e. The zero-order valence-corrected chi connectivity index (χ0v) is 11.6. The van der Waals surface area contributed by atoms with Crippen LogP contribution >= 0.6 is 0 Å². The normalized spacial score (nSPS) is 13.7. The number of primary amides is 1. The first kappa shape index (κ1) is 17.2. The summed E-state index contributed by atoms with van der Waals surface area (Å²) in [6.45, 7) is 5.84. The largest absolute Gasteiger partial charge is 0.480 e. The van der Waals surface area contributed by atoms with Gasteiger partial charge in [-0.2, -0.15) is 0 Å². The molecule has 3 amide bonds. The molecule has 0 aliphatic heterocycles. The van der Waals surface area contributed by atoms with Crippen molar-refractivity contribution in [1.82, 2.24) is 10.6 Å². The molecule has 7 nitrogen and oxygen atoms in total. The Balaban J connectivity index is 4.23. The van der Waals surface area contributed by atoms with Crippen LogP contribution in [0.25, 0.3) is 0 Å². The van der Waals surface area contributed by atoms with Crippen LogP contribution in [0.3, 0.4) is 0 Å². The minimum atomic E-state index is -1.08. The van der Waals surface area contributed by atoms with Crippen LogP contribution in [-0.4, -0.2) is 35.6 Å². The zero-order chi connectivity index (χ0) is 15.0. The molecule has 0 aliphatic carbocycles. The Labute approximate surface area is 112 Å². The smallest absolute Gasteiger partial charge is 0.326 e. The first-order chi connectivity index (χ1) is 8.75. The van der Waals surface area contributed by atoms with E-state index >= 15 is 0 Å². The predicted molar refractivity (Wildman–Crippen MR) is 70.4 cm³/mol. The lowest BCUT2D eigenvalue weighted by atomic mass is 9.96. The van der Waals surface area contributed by atoms with Gasteiger partial charge < -0.3 is 21.5 Å². The maximum Gasteiger partial charge on any atom is 0.326 e. The van der Waals surface area contributed by atoms with Crippen LogP contribution in [0.5, 0.6) is 0 Å². The number of nitrogens with two attached hydrogens (primary N) is 1. The molecule has 0 rings (SSSR count). The highest BCUT2D eigenvalue weighted by molar-refractivity contribution is 5.84. The summed E-state index contributed by atoms with van der Waals surface area (Å²) in [6, 6.07) is -1.59. The summed E-state index contributed by atoms with van der Waals surface area (Å²) in [7, 11) is 0. The number of carbonyl (C=O) groups is 3. The van der Waals surface area contributed by atoms with Crippen LogP contribution in [0.4, 0.5) is 4.79 Å². The van der Waals surface area contributed by atoms with Crippen LogP contribution in [0.2, 0.25) is 0 Å². The average molecular weight is 273 g/mol.